The highest BCUT2D eigenvalue weighted by molar-refractivity contribution is 6.90. The van der Waals surface area contributed by atoms with Gasteiger partial charge >= 0.3 is 25.7 Å². The summed E-state index contributed by atoms with van der Waals surface area (Å²) < 4.78 is 27.3. The van der Waals surface area contributed by atoms with Gasteiger partial charge in [-0.2, -0.15) is 5.26 Å². The standard InChI is InChI=1S/C33H59NO4Si5/c1-12-13-14-15-16-17-18-27-39(2,3)35-41(6,7)37-43(10,11)38-42(8,9)36-40(4,5)29-31-21-25-33(26-22-31)32-23-19-30(28-34)20-24-32/h19-26H,12-18,27,29H2,1-11H3. The average Bonchev–Trinajstić information content (AvgIpc) is 2.85. The first-order valence-electron chi connectivity index (χ1n) is 16.3. The molecule has 0 unspecified atom stereocenters. The van der Waals surface area contributed by atoms with Crippen molar-refractivity contribution < 1.29 is 16.5 Å². The Morgan fingerprint density at radius 2 is 0.953 bits per heavy atom. The molecule has 2 rings (SSSR count). The zero-order chi connectivity index (χ0) is 32.4. The number of hydrogen-bond donors (Lipinski definition) is 0. The lowest BCUT2D eigenvalue weighted by atomic mass is 10.0. The molecule has 10 heteroatoms. The van der Waals surface area contributed by atoms with Crippen molar-refractivity contribution in [2.75, 3.05) is 0 Å². The molecule has 5 nitrogen and oxygen atoms in total. The largest absolute Gasteiger partial charge is 0.436 e. The lowest BCUT2D eigenvalue weighted by Gasteiger charge is -2.42. The van der Waals surface area contributed by atoms with Gasteiger partial charge in [0, 0.05) is 0 Å². The summed E-state index contributed by atoms with van der Waals surface area (Å²) in [6.07, 6.45) is 9.33. The van der Waals surface area contributed by atoms with Crippen molar-refractivity contribution in [3.05, 3.63) is 59.7 Å². The summed E-state index contributed by atoms with van der Waals surface area (Å²) in [5.41, 5.74) is 4.23. The molecular formula is C33H59NO4Si5. The van der Waals surface area contributed by atoms with Crippen molar-refractivity contribution in [1.29, 1.82) is 5.26 Å². The smallest absolute Gasteiger partial charge is 0.314 e. The van der Waals surface area contributed by atoms with Gasteiger partial charge in [-0.25, -0.2) is 0 Å². The van der Waals surface area contributed by atoms with Crippen LogP contribution in [0.3, 0.4) is 0 Å². The van der Waals surface area contributed by atoms with Crippen LogP contribution in [0.15, 0.2) is 48.5 Å². The van der Waals surface area contributed by atoms with E-state index in [9.17, 15) is 0 Å². The Balaban J connectivity index is 1.91. The van der Waals surface area contributed by atoms with Crippen molar-refractivity contribution >= 4 is 42.3 Å². The molecule has 0 N–H and O–H groups in total. The maximum Gasteiger partial charge on any atom is 0.314 e. The second kappa shape index (κ2) is 16.4. The minimum atomic E-state index is -2.48. The van der Waals surface area contributed by atoms with Crippen LogP contribution in [0.2, 0.25) is 71.5 Å². The van der Waals surface area contributed by atoms with Crippen LogP contribution in [0.1, 0.15) is 63.0 Å². The van der Waals surface area contributed by atoms with E-state index in [0.29, 0.717) is 5.56 Å². The summed E-state index contributed by atoms with van der Waals surface area (Å²) >= 11 is 0. The van der Waals surface area contributed by atoms with E-state index in [1.165, 1.54) is 56.6 Å². The van der Waals surface area contributed by atoms with Gasteiger partial charge in [-0.05, 0) is 106 Å². The predicted octanol–water partition coefficient (Wildman–Crippen LogP) is 10.6. The molecule has 0 aliphatic rings. The lowest BCUT2D eigenvalue weighted by molar-refractivity contribution is 0.298. The van der Waals surface area contributed by atoms with Gasteiger partial charge in [0.15, 0.2) is 16.6 Å². The van der Waals surface area contributed by atoms with Gasteiger partial charge in [0.2, 0.25) is 0 Å². The van der Waals surface area contributed by atoms with Crippen LogP contribution >= 0.6 is 0 Å². The highest BCUT2D eigenvalue weighted by Crippen LogP contribution is 2.29. The fraction of sp³-hybridized carbons (Fsp3) is 0.606. The van der Waals surface area contributed by atoms with Gasteiger partial charge in [-0.3, -0.25) is 0 Å². The van der Waals surface area contributed by atoms with Crippen LogP contribution in [-0.4, -0.2) is 42.3 Å². The van der Waals surface area contributed by atoms with E-state index in [-0.39, 0.29) is 0 Å². The van der Waals surface area contributed by atoms with Crippen LogP contribution in [-0.2, 0) is 22.5 Å². The number of nitriles is 1. The topological polar surface area (TPSA) is 60.7 Å². The second-order valence-electron chi connectivity index (χ2n) is 14.6. The van der Waals surface area contributed by atoms with Crippen molar-refractivity contribution in [2.45, 2.75) is 129 Å². The monoisotopic (exact) mass is 673 g/mol. The van der Waals surface area contributed by atoms with Crippen molar-refractivity contribution in [1.82, 2.24) is 0 Å². The van der Waals surface area contributed by atoms with Crippen molar-refractivity contribution in [2.24, 2.45) is 0 Å². The Morgan fingerprint density at radius 3 is 1.44 bits per heavy atom. The molecule has 240 valence electrons. The normalized spacial score (nSPS) is 13.3. The van der Waals surface area contributed by atoms with Gasteiger partial charge in [-0.1, -0.05) is 88.3 Å². The maximum atomic E-state index is 9.06. The summed E-state index contributed by atoms with van der Waals surface area (Å²) in [5, 5.41) is 9.06. The molecule has 0 saturated heterocycles. The summed E-state index contributed by atoms with van der Waals surface area (Å²) in [6.45, 7) is 24.6. The maximum absolute atomic E-state index is 9.06. The van der Waals surface area contributed by atoms with Gasteiger partial charge in [0.25, 0.3) is 0 Å². The number of benzene rings is 2. The molecule has 43 heavy (non-hydrogen) atoms. The summed E-state index contributed by atoms with van der Waals surface area (Å²) in [6, 6.07) is 20.8. The molecule has 0 spiro atoms. The quantitative estimate of drug-likeness (QED) is 0.110. The molecule has 0 atom stereocenters. The van der Waals surface area contributed by atoms with E-state index < -0.39 is 42.3 Å². The van der Waals surface area contributed by atoms with Crippen LogP contribution in [0.5, 0.6) is 0 Å². The number of hydrogen-bond acceptors (Lipinski definition) is 5. The zero-order valence-corrected chi connectivity index (χ0v) is 34.1. The SMILES string of the molecule is CCCCCCCCC[Si](C)(C)O[Si](C)(C)O[Si](C)(C)O[Si](C)(C)O[Si](C)(C)Cc1ccc(-c2ccc(C#N)cc2)cc1. The van der Waals surface area contributed by atoms with Gasteiger partial charge in [0.1, 0.15) is 0 Å². The highest BCUT2D eigenvalue weighted by Gasteiger charge is 2.45. The third-order valence-corrected chi connectivity index (χ3v) is 26.4. The predicted molar refractivity (Wildman–Crippen MR) is 195 cm³/mol. The molecule has 0 aliphatic carbocycles. The van der Waals surface area contributed by atoms with Crippen LogP contribution in [0, 0.1) is 11.3 Å². The fourth-order valence-electron chi connectivity index (χ4n) is 6.22. The van der Waals surface area contributed by atoms with Crippen LogP contribution < -0.4 is 0 Å². The van der Waals surface area contributed by atoms with Crippen molar-refractivity contribution in [3.63, 3.8) is 0 Å². The van der Waals surface area contributed by atoms with Gasteiger partial charge in [0.05, 0.1) is 11.6 Å². The van der Waals surface area contributed by atoms with Crippen molar-refractivity contribution in [3.8, 4) is 17.2 Å². The third-order valence-electron chi connectivity index (χ3n) is 7.34. The molecule has 2 aromatic rings. The minimum absolute atomic E-state index is 0.679. The summed E-state index contributed by atoms with van der Waals surface area (Å²) in [5.74, 6) is 0. The van der Waals surface area contributed by atoms with E-state index in [0.717, 1.165) is 17.2 Å². The molecule has 0 radical (unpaired) electrons. The first kappa shape index (κ1) is 38.0. The Morgan fingerprint density at radius 1 is 0.535 bits per heavy atom. The van der Waals surface area contributed by atoms with E-state index >= 15 is 0 Å². The molecule has 0 aliphatic heterocycles. The average molecular weight is 674 g/mol. The Bertz CT molecular complexity index is 1160. The van der Waals surface area contributed by atoms with Crippen LogP contribution in [0.25, 0.3) is 11.1 Å². The molecule has 0 amide bonds. The minimum Gasteiger partial charge on any atom is -0.436 e. The zero-order valence-electron chi connectivity index (χ0n) is 29.1. The molecule has 0 saturated carbocycles. The van der Waals surface area contributed by atoms with Gasteiger partial charge < -0.3 is 16.5 Å². The molecule has 0 bridgehead atoms. The van der Waals surface area contributed by atoms with E-state index in [1.807, 2.05) is 24.3 Å². The number of nitrogens with zero attached hydrogens (tertiary/aromatic N) is 1. The number of rotatable bonds is 19. The molecule has 0 aromatic heterocycles. The van der Waals surface area contributed by atoms with E-state index in [1.54, 1.807) is 0 Å². The van der Waals surface area contributed by atoms with E-state index in [4.69, 9.17) is 21.7 Å². The molecule has 0 fully saturated rings. The molecule has 0 heterocycles. The third kappa shape index (κ3) is 15.1. The first-order chi connectivity index (χ1) is 19.9. The summed E-state index contributed by atoms with van der Waals surface area (Å²) in [7, 11) is -11.2. The Kier molecular flexibility index (Phi) is 14.5. The second-order valence-corrected chi connectivity index (χ2v) is 34.1. The number of unbranched alkanes of at least 4 members (excludes halogenated alkanes) is 6. The van der Waals surface area contributed by atoms with E-state index in [2.05, 4.69) is 103 Å². The summed E-state index contributed by atoms with van der Waals surface area (Å²) in [4.78, 5) is 0. The molecule has 2 aromatic carbocycles. The first-order valence-corrected chi connectivity index (χ1v) is 30.9. The Hall–Kier alpha value is -1.15. The van der Waals surface area contributed by atoms with Crippen LogP contribution in [0.4, 0.5) is 0 Å². The fourth-order valence-corrected chi connectivity index (χ4v) is 31.0. The van der Waals surface area contributed by atoms with Gasteiger partial charge in [-0.15, -0.1) is 0 Å². The molecular weight excluding hydrogens is 615 g/mol. The highest BCUT2D eigenvalue weighted by atomic mass is 28.5. The Labute approximate surface area is 269 Å². The lowest BCUT2D eigenvalue weighted by Crippen LogP contribution is -2.58.